The first-order chi connectivity index (χ1) is 16.8. The minimum atomic E-state index is -4.03. The number of nitrogens with one attached hydrogen (secondary N) is 1. The molecule has 0 aliphatic rings. The van der Waals surface area contributed by atoms with Gasteiger partial charge in [-0.05, 0) is 60.7 Å². The Bertz CT molecular complexity index is 1430. The van der Waals surface area contributed by atoms with E-state index < -0.39 is 22.5 Å². The summed E-state index contributed by atoms with van der Waals surface area (Å²) >= 11 is 9.53. The third-order valence-corrected chi connectivity index (χ3v) is 7.42. The predicted octanol–water partition coefficient (Wildman–Crippen LogP) is 6.73. The van der Waals surface area contributed by atoms with Gasteiger partial charge in [-0.15, -0.1) is 0 Å². The standard InChI is InChI=1S/C26H20BrClN2O4S/c27-19-8-7-9-21(16-19)30(35(32,33)23-12-5-2-6-13-23)18-26(31)29-24-17-20(28)14-15-25(24)34-22-10-3-1-4-11-22/h1-17H,18H2,(H,29,31). The molecule has 0 atom stereocenters. The molecule has 1 amide bonds. The summed E-state index contributed by atoms with van der Waals surface area (Å²) < 4.78 is 34.6. The summed E-state index contributed by atoms with van der Waals surface area (Å²) in [5.41, 5.74) is 0.655. The Hall–Kier alpha value is -3.33. The van der Waals surface area contributed by atoms with E-state index in [1.165, 1.54) is 12.1 Å². The summed E-state index contributed by atoms with van der Waals surface area (Å²) in [6, 6.07) is 28.6. The number of para-hydroxylation sites is 1. The van der Waals surface area contributed by atoms with E-state index in [1.54, 1.807) is 72.8 Å². The van der Waals surface area contributed by atoms with Crippen LogP contribution in [0.5, 0.6) is 11.5 Å². The van der Waals surface area contributed by atoms with Crippen LogP contribution in [0.4, 0.5) is 11.4 Å². The Kier molecular flexibility index (Phi) is 7.75. The van der Waals surface area contributed by atoms with Gasteiger partial charge in [-0.3, -0.25) is 9.10 Å². The first-order valence-corrected chi connectivity index (χ1v) is 13.1. The molecule has 0 heterocycles. The van der Waals surface area contributed by atoms with Gasteiger partial charge < -0.3 is 10.1 Å². The molecule has 178 valence electrons. The van der Waals surface area contributed by atoms with E-state index in [2.05, 4.69) is 21.2 Å². The van der Waals surface area contributed by atoms with Crippen LogP contribution in [0.15, 0.2) is 112 Å². The first kappa shape index (κ1) is 24.8. The van der Waals surface area contributed by atoms with Gasteiger partial charge in [0.25, 0.3) is 10.0 Å². The molecular formula is C26H20BrClN2O4S. The molecule has 4 aromatic rings. The summed E-state index contributed by atoms with van der Waals surface area (Å²) in [6.07, 6.45) is 0. The van der Waals surface area contributed by atoms with Crippen LogP contribution in [-0.4, -0.2) is 20.9 Å². The fourth-order valence-electron chi connectivity index (χ4n) is 3.29. The van der Waals surface area contributed by atoms with Crippen LogP contribution in [-0.2, 0) is 14.8 Å². The Balaban J connectivity index is 1.64. The molecule has 4 rings (SSSR count). The largest absolute Gasteiger partial charge is 0.455 e. The summed E-state index contributed by atoms with van der Waals surface area (Å²) in [7, 11) is -4.03. The first-order valence-electron chi connectivity index (χ1n) is 10.5. The van der Waals surface area contributed by atoms with Gasteiger partial charge in [0, 0.05) is 9.50 Å². The maximum atomic E-state index is 13.5. The number of carbonyl (C=O) groups is 1. The van der Waals surface area contributed by atoms with E-state index in [9.17, 15) is 13.2 Å². The van der Waals surface area contributed by atoms with Crippen LogP contribution in [0.1, 0.15) is 0 Å². The zero-order valence-corrected chi connectivity index (χ0v) is 21.4. The number of amides is 1. The number of sulfonamides is 1. The van der Waals surface area contributed by atoms with E-state index in [4.69, 9.17) is 16.3 Å². The zero-order valence-electron chi connectivity index (χ0n) is 18.3. The Labute approximate surface area is 217 Å². The van der Waals surface area contributed by atoms with E-state index in [0.29, 0.717) is 32.4 Å². The Morgan fingerprint density at radius 2 is 1.57 bits per heavy atom. The highest BCUT2D eigenvalue weighted by Crippen LogP contribution is 2.32. The highest BCUT2D eigenvalue weighted by Gasteiger charge is 2.27. The van der Waals surface area contributed by atoms with Gasteiger partial charge in [-0.25, -0.2) is 8.42 Å². The number of carbonyl (C=O) groups excluding carboxylic acids is 1. The molecule has 9 heteroatoms. The summed E-state index contributed by atoms with van der Waals surface area (Å²) in [5, 5.41) is 3.13. The van der Waals surface area contributed by atoms with Crippen molar-refractivity contribution in [2.24, 2.45) is 0 Å². The van der Waals surface area contributed by atoms with Crippen molar-refractivity contribution in [3.8, 4) is 11.5 Å². The normalized spacial score (nSPS) is 11.0. The summed E-state index contributed by atoms with van der Waals surface area (Å²) in [4.78, 5) is 13.2. The van der Waals surface area contributed by atoms with Crippen molar-refractivity contribution in [2.75, 3.05) is 16.2 Å². The average Bonchev–Trinajstić information content (AvgIpc) is 2.85. The number of anilines is 2. The summed E-state index contributed by atoms with van der Waals surface area (Å²) in [5.74, 6) is 0.381. The van der Waals surface area contributed by atoms with Gasteiger partial charge in [0.15, 0.2) is 5.75 Å². The minimum absolute atomic E-state index is 0.0728. The molecule has 0 unspecified atom stereocenters. The second-order valence-corrected chi connectivity index (χ2v) is 10.6. The average molecular weight is 572 g/mol. The lowest BCUT2D eigenvalue weighted by atomic mass is 10.2. The van der Waals surface area contributed by atoms with Crippen molar-refractivity contribution in [3.05, 3.63) is 113 Å². The molecule has 0 aliphatic carbocycles. The highest BCUT2D eigenvalue weighted by atomic mass is 79.9. The van der Waals surface area contributed by atoms with Crippen LogP contribution < -0.4 is 14.4 Å². The lowest BCUT2D eigenvalue weighted by Gasteiger charge is -2.24. The lowest BCUT2D eigenvalue weighted by molar-refractivity contribution is -0.114. The molecule has 0 saturated heterocycles. The third kappa shape index (κ3) is 6.22. The van der Waals surface area contributed by atoms with E-state index in [-0.39, 0.29) is 4.90 Å². The predicted molar refractivity (Wildman–Crippen MR) is 142 cm³/mol. The van der Waals surface area contributed by atoms with Crippen molar-refractivity contribution >= 4 is 54.8 Å². The molecule has 0 aliphatic heterocycles. The number of benzene rings is 4. The van der Waals surface area contributed by atoms with E-state index in [0.717, 1.165) is 4.31 Å². The molecule has 6 nitrogen and oxygen atoms in total. The number of nitrogens with zero attached hydrogens (tertiary/aromatic N) is 1. The maximum absolute atomic E-state index is 13.5. The molecule has 0 fully saturated rings. The Morgan fingerprint density at radius 3 is 2.26 bits per heavy atom. The van der Waals surface area contributed by atoms with Crippen LogP contribution >= 0.6 is 27.5 Å². The van der Waals surface area contributed by atoms with Crippen molar-refractivity contribution in [1.82, 2.24) is 0 Å². The molecule has 0 radical (unpaired) electrons. The van der Waals surface area contributed by atoms with Gasteiger partial charge in [0.05, 0.1) is 16.3 Å². The van der Waals surface area contributed by atoms with Crippen molar-refractivity contribution < 1.29 is 17.9 Å². The molecule has 35 heavy (non-hydrogen) atoms. The summed E-state index contributed by atoms with van der Waals surface area (Å²) in [6.45, 7) is -0.467. The number of hydrogen-bond donors (Lipinski definition) is 1. The van der Waals surface area contributed by atoms with Gasteiger partial charge >= 0.3 is 0 Å². The van der Waals surface area contributed by atoms with Crippen LogP contribution in [0.2, 0.25) is 5.02 Å². The number of halogens is 2. The fourth-order valence-corrected chi connectivity index (χ4v) is 5.28. The zero-order chi connectivity index (χ0) is 24.8. The van der Waals surface area contributed by atoms with Crippen molar-refractivity contribution in [1.29, 1.82) is 0 Å². The number of hydrogen-bond acceptors (Lipinski definition) is 4. The van der Waals surface area contributed by atoms with Gasteiger partial charge in [-0.2, -0.15) is 0 Å². The lowest BCUT2D eigenvalue weighted by Crippen LogP contribution is -2.38. The van der Waals surface area contributed by atoms with Crippen LogP contribution in [0, 0.1) is 0 Å². The topological polar surface area (TPSA) is 75.7 Å². The number of ether oxygens (including phenoxy) is 1. The van der Waals surface area contributed by atoms with Crippen molar-refractivity contribution in [3.63, 3.8) is 0 Å². The van der Waals surface area contributed by atoms with Gasteiger partial charge in [0.2, 0.25) is 5.91 Å². The molecule has 0 saturated carbocycles. The second kappa shape index (κ2) is 10.9. The third-order valence-electron chi connectivity index (χ3n) is 4.90. The van der Waals surface area contributed by atoms with E-state index in [1.807, 2.05) is 18.2 Å². The molecule has 0 bridgehead atoms. The fraction of sp³-hybridized carbons (Fsp3) is 0.0385. The highest BCUT2D eigenvalue weighted by molar-refractivity contribution is 9.10. The monoisotopic (exact) mass is 570 g/mol. The second-order valence-electron chi connectivity index (χ2n) is 7.41. The molecule has 0 aromatic heterocycles. The molecule has 0 spiro atoms. The van der Waals surface area contributed by atoms with Gasteiger partial charge in [-0.1, -0.05) is 70.0 Å². The SMILES string of the molecule is O=C(CN(c1cccc(Br)c1)S(=O)(=O)c1ccccc1)Nc1cc(Cl)ccc1Oc1ccccc1. The molecule has 1 N–H and O–H groups in total. The van der Waals surface area contributed by atoms with E-state index >= 15 is 0 Å². The van der Waals surface area contributed by atoms with Gasteiger partial charge in [0.1, 0.15) is 12.3 Å². The molecule has 4 aromatic carbocycles. The number of rotatable bonds is 8. The minimum Gasteiger partial charge on any atom is -0.455 e. The van der Waals surface area contributed by atoms with Crippen LogP contribution in [0.3, 0.4) is 0 Å². The Morgan fingerprint density at radius 1 is 0.886 bits per heavy atom. The smallest absolute Gasteiger partial charge is 0.264 e. The maximum Gasteiger partial charge on any atom is 0.264 e. The molecular weight excluding hydrogens is 552 g/mol. The van der Waals surface area contributed by atoms with Crippen molar-refractivity contribution in [2.45, 2.75) is 4.90 Å². The quantitative estimate of drug-likeness (QED) is 0.254. The van der Waals surface area contributed by atoms with Crippen LogP contribution in [0.25, 0.3) is 0 Å².